The lowest BCUT2D eigenvalue weighted by molar-refractivity contribution is 0.255. The van der Waals surface area contributed by atoms with Crippen molar-refractivity contribution in [2.75, 3.05) is 51.3 Å². The molecule has 0 atom stereocenters. The Morgan fingerprint density at radius 3 is 2.41 bits per heavy atom. The Bertz CT molecular complexity index is 911. The summed E-state index contributed by atoms with van der Waals surface area (Å²) < 4.78 is 46.0. The molecule has 1 aliphatic rings. The molecular formula is C21H28FN3O3S. The van der Waals surface area contributed by atoms with E-state index >= 15 is 0 Å². The molecule has 1 fully saturated rings. The van der Waals surface area contributed by atoms with Gasteiger partial charge in [-0.15, -0.1) is 0 Å². The highest BCUT2D eigenvalue weighted by Gasteiger charge is 2.19. The van der Waals surface area contributed by atoms with Crippen LogP contribution in [0.25, 0.3) is 0 Å². The largest absolute Gasteiger partial charge is 0.497 e. The van der Waals surface area contributed by atoms with Gasteiger partial charge in [0.2, 0.25) is 10.0 Å². The summed E-state index contributed by atoms with van der Waals surface area (Å²) in [6, 6.07) is 11.9. The van der Waals surface area contributed by atoms with E-state index in [0.29, 0.717) is 18.5 Å². The molecule has 0 radical (unpaired) electrons. The Hall–Kier alpha value is -2.16. The van der Waals surface area contributed by atoms with Crippen molar-refractivity contribution in [2.45, 2.75) is 18.2 Å². The summed E-state index contributed by atoms with van der Waals surface area (Å²) in [7, 11) is -2.03. The zero-order valence-corrected chi connectivity index (χ0v) is 17.7. The minimum atomic E-state index is -3.69. The van der Waals surface area contributed by atoms with Gasteiger partial charge in [0.15, 0.2) is 0 Å². The zero-order chi connectivity index (χ0) is 20.9. The van der Waals surface area contributed by atoms with E-state index in [2.05, 4.69) is 26.7 Å². The minimum Gasteiger partial charge on any atom is -0.497 e. The number of aryl methyl sites for hydroxylation is 1. The molecule has 1 saturated heterocycles. The van der Waals surface area contributed by atoms with Gasteiger partial charge in [-0.05, 0) is 61.9 Å². The fourth-order valence-electron chi connectivity index (χ4n) is 3.47. The van der Waals surface area contributed by atoms with Crippen LogP contribution in [0.5, 0.6) is 5.75 Å². The minimum absolute atomic E-state index is 0.00519. The topological polar surface area (TPSA) is 61.9 Å². The van der Waals surface area contributed by atoms with Gasteiger partial charge in [-0.3, -0.25) is 4.90 Å². The molecule has 0 aromatic heterocycles. The van der Waals surface area contributed by atoms with Gasteiger partial charge in [-0.25, -0.2) is 17.5 Å². The van der Waals surface area contributed by atoms with Crippen molar-refractivity contribution in [1.29, 1.82) is 0 Å². The van der Waals surface area contributed by atoms with E-state index < -0.39 is 15.8 Å². The van der Waals surface area contributed by atoms with Crippen molar-refractivity contribution in [3.8, 4) is 5.75 Å². The van der Waals surface area contributed by atoms with Crippen molar-refractivity contribution >= 4 is 15.7 Å². The van der Waals surface area contributed by atoms with Crippen LogP contribution in [-0.2, 0) is 10.0 Å². The number of ether oxygens (including phenoxy) is 1. The zero-order valence-electron chi connectivity index (χ0n) is 16.9. The summed E-state index contributed by atoms with van der Waals surface area (Å²) in [5.74, 6) is 0.300. The maximum absolute atomic E-state index is 13.4. The molecule has 0 bridgehead atoms. The monoisotopic (exact) mass is 421 g/mol. The number of benzene rings is 2. The third-order valence-corrected chi connectivity index (χ3v) is 6.80. The molecule has 2 aromatic carbocycles. The number of nitrogens with one attached hydrogen (secondary N) is 1. The first kappa shape index (κ1) is 21.5. The van der Waals surface area contributed by atoms with Gasteiger partial charge < -0.3 is 9.64 Å². The van der Waals surface area contributed by atoms with Crippen LogP contribution in [0.15, 0.2) is 47.4 Å². The maximum atomic E-state index is 13.4. The average Bonchev–Trinajstić information content (AvgIpc) is 2.73. The molecule has 1 heterocycles. The number of hydrogen-bond donors (Lipinski definition) is 1. The lowest BCUT2D eigenvalue weighted by Crippen LogP contribution is -2.47. The van der Waals surface area contributed by atoms with Crippen molar-refractivity contribution in [2.24, 2.45) is 0 Å². The fourth-order valence-corrected chi connectivity index (χ4v) is 4.80. The second-order valence-corrected chi connectivity index (χ2v) is 8.92. The van der Waals surface area contributed by atoms with Gasteiger partial charge >= 0.3 is 0 Å². The van der Waals surface area contributed by atoms with Crippen molar-refractivity contribution in [3.05, 3.63) is 53.8 Å². The summed E-state index contributed by atoms with van der Waals surface area (Å²) in [4.78, 5) is 4.68. The molecule has 158 valence electrons. The summed E-state index contributed by atoms with van der Waals surface area (Å²) in [6.45, 7) is 6.54. The Labute approximate surface area is 172 Å². The van der Waals surface area contributed by atoms with Crippen LogP contribution < -0.4 is 14.4 Å². The third-order valence-electron chi connectivity index (χ3n) is 5.19. The van der Waals surface area contributed by atoms with E-state index in [9.17, 15) is 12.8 Å². The number of sulfonamides is 1. The number of anilines is 1. The lowest BCUT2D eigenvalue weighted by atomic mass is 10.2. The standard InChI is InChI=1S/C21H28FN3O3S/c1-17-4-5-18(22)16-21(17)29(26,27)23-10-3-11-24-12-14-25(15-13-24)19-6-8-20(28-2)9-7-19/h4-9,16,23H,3,10-15H2,1-2H3. The fraction of sp³-hybridized carbons (Fsp3) is 0.429. The average molecular weight is 422 g/mol. The molecular weight excluding hydrogens is 393 g/mol. The van der Waals surface area contributed by atoms with Crippen LogP contribution >= 0.6 is 0 Å². The summed E-state index contributed by atoms with van der Waals surface area (Å²) >= 11 is 0. The van der Waals surface area contributed by atoms with Gasteiger partial charge in [0.25, 0.3) is 0 Å². The normalized spacial score (nSPS) is 15.5. The van der Waals surface area contributed by atoms with Gasteiger partial charge in [-0.2, -0.15) is 0 Å². The highest BCUT2D eigenvalue weighted by molar-refractivity contribution is 7.89. The number of rotatable bonds is 8. The molecule has 6 nitrogen and oxygen atoms in total. The molecule has 0 amide bonds. The second-order valence-electron chi connectivity index (χ2n) is 7.19. The van der Waals surface area contributed by atoms with Crippen LogP contribution in [0.3, 0.4) is 0 Å². The SMILES string of the molecule is COc1ccc(N2CCN(CCCNS(=O)(=O)c3cc(F)ccc3C)CC2)cc1. The highest BCUT2D eigenvalue weighted by Crippen LogP contribution is 2.20. The molecule has 2 aromatic rings. The number of halogens is 1. The van der Waals surface area contributed by atoms with Crippen LogP contribution in [0.4, 0.5) is 10.1 Å². The van der Waals surface area contributed by atoms with E-state index in [1.807, 2.05) is 12.1 Å². The van der Waals surface area contributed by atoms with E-state index in [-0.39, 0.29) is 4.90 Å². The third kappa shape index (κ3) is 5.68. The molecule has 1 N–H and O–H groups in total. The number of nitrogens with zero attached hydrogens (tertiary/aromatic N) is 2. The molecule has 1 aliphatic heterocycles. The van der Waals surface area contributed by atoms with Crippen molar-refractivity contribution in [1.82, 2.24) is 9.62 Å². The first-order valence-electron chi connectivity index (χ1n) is 9.76. The van der Waals surface area contributed by atoms with Crippen LogP contribution in [-0.4, -0.2) is 59.7 Å². The summed E-state index contributed by atoms with van der Waals surface area (Å²) in [5, 5.41) is 0. The Kier molecular flexibility index (Phi) is 7.10. The number of hydrogen-bond acceptors (Lipinski definition) is 5. The Balaban J connectivity index is 1.42. The second kappa shape index (κ2) is 9.56. The van der Waals surface area contributed by atoms with Gasteiger partial charge in [0, 0.05) is 38.4 Å². The maximum Gasteiger partial charge on any atom is 0.240 e. The van der Waals surface area contributed by atoms with E-state index in [4.69, 9.17) is 4.74 Å². The smallest absolute Gasteiger partial charge is 0.240 e. The van der Waals surface area contributed by atoms with Crippen LogP contribution in [0.1, 0.15) is 12.0 Å². The molecule has 29 heavy (non-hydrogen) atoms. The van der Waals surface area contributed by atoms with Gasteiger partial charge in [0.1, 0.15) is 11.6 Å². The Morgan fingerprint density at radius 2 is 1.76 bits per heavy atom. The number of methoxy groups -OCH3 is 1. The quantitative estimate of drug-likeness (QED) is 0.664. The summed E-state index contributed by atoms with van der Waals surface area (Å²) in [6.07, 6.45) is 0.704. The molecule has 8 heteroatoms. The van der Waals surface area contributed by atoms with E-state index in [1.54, 1.807) is 14.0 Å². The van der Waals surface area contributed by atoms with Crippen LogP contribution in [0.2, 0.25) is 0 Å². The first-order valence-corrected chi connectivity index (χ1v) is 11.2. The van der Waals surface area contributed by atoms with Crippen molar-refractivity contribution in [3.63, 3.8) is 0 Å². The molecule has 3 rings (SSSR count). The molecule has 0 saturated carbocycles. The van der Waals surface area contributed by atoms with Crippen molar-refractivity contribution < 1.29 is 17.5 Å². The highest BCUT2D eigenvalue weighted by atomic mass is 32.2. The van der Waals surface area contributed by atoms with E-state index in [0.717, 1.165) is 44.5 Å². The van der Waals surface area contributed by atoms with Gasteiger partial charge in [-0.1, -0.05) is 6.07 Å². The van der Waals surface area contributed by atoms with E-state index in [1.165, 1.54) is 17.8 Å². The molecule has 0 unspecified atom stereocenters. The lowest BCUT2D eigenvalue weighted by Gasteiger charge is -2.36. The predicted octanol–water partition coefficient (Wildman–Crippen LogP) is 2.63. The first-order chi connectivity index (χ1) is 13.9. The summed E-state index contributed by atoms with van der Waals surface area (Å²) in [5.41, 5.74) is 1.72. The Morgan fingerprint density at radius 1 is 1.07 bits per heavy atom. The van der Waals surface area contributed by atoms with Gasteiger partial charge in [0.05, 0.1) is 12.0 Å². The predicted molar refractivity (Wildman–Crippen MR) is 113 cm³/mol. The van der Waals surface area contributed by atoms with Crippen LogP contribution in [0, 0.1) is 12.7 Å². The molecule has 0 spiro atoms. The molecule has 0 aliphatic carbocycles. The number of piperazine rings is 1.